The molecule has 1 aliphatic carbocycles. The van der Waals surface area contributed by atoms with Crippen molar-refractivity contribution in [2.45, 2.75) is 38.5 Å². The minimum atomic E-state index is 0.0418. The number of rotatable bonds is 6. The maximum absolute atomic E-state index is 12.7. The van der Waals surface area contributed by atoms with Crippen LogP contribution in [0.15, 0.2) is 67.4 Å². The molecule has 1 fully saturated rings. The summed E-state index contributed by atoms with van der Waals surface area (Å²) < 4.78 is 0. The monoisotopic (exact) mass is 529 g/mol. The Morgan fingerprint density at radius 3 is 2.70 bits per heavy atom. The zero-order valence-electron chi connectivity index (χ0n) is 21.8. The maximum Gasteiger partial charge on any atom is 0.224 e. The van der Waals surface area contributed by atoms with Crippen molar-refractivity contribution in [3.63, 3.8) is 0 Å². The van der Waals surface area contributed by atoms with Gasteiger partial charge in [0.25, 0.3) is 0 Å². The van der Waals surface area contributed by atoms with Crippen LogP contribution in [-0.2, 0) is 4.79 Å². The van der Waals surface area contributed by atoms with E-state index in [9.17, 15) is 4.79 Å². The molecule has 0 radical (unpaired) electrons. The summed E-state index contributed by atoms with van der Waals surface area (Å²) in [5.41, 5.74) is 6.80. The minimum Gasteiger partial charge on any atom is -0.335 e. The van der Waals surface area contributed by atoms with Crippen LogP contribution in [0.25, 0.3) is 56.1 Å². The van der Waals surface area contributed by atoms with Crippen molar-refractivity contribution in [3.05, 3.63) is 67.4 Å². The fraction of sp³-hybridized carbons (Fsp3) is 0.233. The Morgan fingerprint density at radius 2 is 1.82 bits per heavy atom. The molecule has 0 atom stereocenters. The van der Waals surface area contributed by atoms with E-state index >= 15 is 0 Å². The molecule has 0 aliphatic heterocycles. The average Bonchev–Trinajstić information content (AvgIpc) is 3.62. The number of amides is 1. The Labute approximate surface area is 229 Å². The number of hydrogen-bond acceptors (Lipinski definition) is 7. The second-order valence-electron chi connectivity index (χ2n) is 10.3. The van der Waals surface area contributed by atoms with Crippen molar-refractivity contribution < 1.29 is 4.79 Å². The van der Waals surface area contributed by atoms with Crippen LogP contribution in [0.5, 0.6) is 0 Å². The topological polar surface area (TPSA) is 138 Å². The van der Waals surface area contributed by atoms with Gasteiger partial charge in [-0.3, -0.25) is 19.9 Å². The summed E-state index contributed by atoms with van der Waals surface area (Å²) in [6.07, 6.45) is 15.2. The summed E-state index contributed by atoms with van der Waals surface area (Å²) in [4.78, 5) is 38.7. The summed E-state index contributed by atoms with van der Waals surface area (Å²) in [5, 5.41) is 11.3. The third-order valence-corrected chi connectivity index (χ3v) is 7.53. The van der Waals surface area contributed by atoms with E-state index in [2.05, 4.69) is 40.4 Å². The molecule has 0 unspecified atom stereocenters. The Balaban J connectivity index is 1.19. The minimum absolute atomic E-state index is 0.0418. The Hall–Kier alpha value is -4.99. The average molecular weight is 530 g/mol. The van der Waals surface area contributed by atoms with Crippen molar-refractivity contribution >= 4 is 33.8 Å². The number of carbonyl (C=O) groups is 1. The molecule has 0 aromatic carbocycles. The summed E-state index contributed by atoms with van der Waals surface area (Å²) >= 11 is 0. The molecule has 7 rings (SSSR count). The van der Waals surface area contributed by atoms with Crippen molar-refractivity contribution in [3.8, 4) is 33.9 Å². The molecule has 10 nitrogen and oxygen atoms in total. The normalized spacial score (nSPS) is 14.1. The Kier molecular flexibility index (Phi) is 6.19. The van der Waals surface area contributed by atoms with Gasteiger partial charge in [0.1, 0.15) is 5.69 Å². The van der Waals surface area contributed by atoms with Crippen LogP contribution < -0.4 is 5.32 Å². The number of H-pyrrole nitrogens is 2. The highest BCUT2D eigenvalue weighted by Gasteiger charge is 2.19. The first-order chi connectivity index (χ1) is 19.7. The molecule has 0 bridgehead atoms. The van der Waals surface area contributed by atoms with Gasteiger partial charge in [0.15, 0.2) is 17.1 Å². The van der Waals surface area contributed by atoms with E-state index in [1.54, 1.807) is 31.0 Å². The summed E-state index contributed by atoms with van der Waals surface area (Å²) in [6.45, 7) is 0. The molecule has 0 saturated heterocycles. The van der Waals surface area contributed by atoms with E-state index in [0.29, 0.717) is 40.8 Å². The lowest BCUT2D eigenvalue weighted by Gasteiger charge is -2.20. The second-order valence-corrected chi connectivity index (χ2v) is 10.3. The first-order valence-electron chi connectivity index (χ1n) is 13.6. The van der Waals surface area contributed by atoms with Crippen molar-refractivity contribution in [2.75, 3.05) is 5.32 Å². The lowest BCUT2D eigenvalue weighted by atomic mass is 9.87. The SMILES string of the molecule is O=C(CC1CCCCC1)Nc1cncc(-c2cnc3n[nH]c(-c4nc5nccc(-c6ccccn6)c5[nH]4)c3c2)c1. The molecule has 198 valence electrons. The summed E-state index contributed by atoms with van der Waals surface area (Å²) in [5.74, 6) is 1.12. The first kappa shape index (κ1) is 24.1. The van der Waals surface area contributed by atoms with Gasteiger partial charge in [-0.15, -0.1) is 0 Å². The molecule has 0 spiro atoms. The van der Waals surface area contributed by atoms with Gasteiger partial charge in [-0.1, -0.05) is 25.3 Å². The van der Waals surface area contributed by atoms with Gasteiger partial charge < -0.3 is 10.3 Å². The number of nitrogens with one attached hydrogen (secondary N) is 3. The van der Waals surface area contributed by atoms with Gasteiger partial charge in [-0.25, -0.2) is 15.0 Å². The number of pyridine rings is 4. The van der Waals surface area contributed by atoms with Gasteiger partial charge >= 0.3 is 0 Å². The van der Waals surface area contributed by atoms with Crippen molar-refractivity contribution in [1.82, 2.24) is 40.1 Å². The fourth-order valence-electron chi connectivity index (χ4n) is 5.53. The maximum atomic E-state index is 12.7. The highest BCUT2D eigenvalue weighted by atomic mass is 16.1. The van der Waals surface area contributed by atoms with Gasteiger partial charge in [-0.2, -0.15) is 5.10 Å². The predicted octanol–water partition coefficient (Wildman–Crippen LogP) is 5.93. The van der Waals surface area contributed by atoms with Gasteiger partial charge in [0.05, 0.1) is 28.5 Å². The van der Waals surface area contributed by atoms with Crippen LogP contribution >= 0.6 is 0 Å². The summed E-state index contributed by atoms with van der Waals surface area (Å²) in [7, 11) is 0. The quantitative estimate of drug-likeness (QED) is 0.243. The van der Waals surface area contributed by atoms with E-state index in [1.807, 2.05) is 36.4 Å². The molecule has 6 heterocycles. The molecule has 3 N–H and O–H groups in total. The molecule has 1 saturated carbocycles. The Morgan fingerprint density at radius 1 is 0.925 bits per heavy atom. The standard InChI is InChI=1S/C30H27N9O/c40-25(12-18-6-2-1-3-7-18)35-21-13-19(15-31-17-21)20-14-23-27(38-39-28(23)34-16-20)30-36-26-22(9-11-33-29(26)37-30)24-8-4-5-10-32-24/h4-5,8-11,13-18H,1-3,6-7,12H2,(H,35,40)(H,33,36,37)(H,34,38,39). The number of imidazole rings is 1. The van der Waals surface area contributed by atoms with Crippen molar-refractivity contribution in [1.29, 1.82) is 0 Å². The van der Waals surface area contributed by atoms with E-state index in [4.69, 9.17) is 4.98 Å². The van der Waals surface area contributed by atoms with E-state index < -0.39 is 0 Å². The largest absolute Gasteiger partial charge is 0.335 e. The van der Waals surface area contributed by atoms with Crippen LogP contribution in [0.2, 0.25) is 0 Å². The van der Waals surface area contributed by atoms with Gasteiger partial charge in [0, 0.05) is 47.9 Å². The third-order valence-electron chi connectivity index (χ3n) is 7.53. The summed E-state index contributed by atoms with van der Waals surface area (Å²) in [6, 6.07) is 11.7. The zero-order valence-corrected chi connectivity index (χ0v) is 21.8. The van der Waals surface area contributed by atoms with Gasteiger partial charge in [0.2, 0.25) is 5.91 Å². The molecule has 1 aliphatic rings. The molecule has 6 aromatic rings. The van der Waals surface area contributed by atoms with Crippen LogP contribution in [0.3, 0.4) is 0 Å². The predicted molar refractivity (Wildman–Crippen MR) is 153 cm³/mol. The van der Waals surface area contributed by atoms with Crippen LogP contribution in [0.1, 0.15) is 38.5 Å². The van der Waals surface area contributed by atoms with E-state index in [1.165, 1.54) is 19.3 Å². The first-order valence-corrected chi connectivity index (χ1v) is 13.6. The fourth-order valence-corrected chi connectivity index (χ4v) is 5.53. The van der Waals surface area contributed by atoms with Gasteiger partial charge in [-0.05, 0) is 49.1 Å². The smallest absolute Gasteiger partial charge is 0.224 e. The number of hydrogen-bond donors (Lipinski definition) is 3. The molecular weight excluding hydrogens is 502 g/mol. The molecule has 6 aromatic heterocycles. The Bertz CT molecular complexity index is 1820. The molecule has 10 heteroatoms. The number of nitrogens with zero attached hydrogens (tertiary/aromatic N) is 6. The third kappa shape index (κ3) is 4.68. The van der Waals surface area contributed by atoms with E-state index in [0.717, 1.165) is 46.1 Å². The van der Waals surface area contributed by atoms with Crippen molar-refractivity contribution in [2.24, 2.45) is 5.92 Å². The number of aromatic amines is 2. The lowest BCUT2D eigenvalue weighted by Crippen LogP contribution is -2.18. The molecule has 1 amide bonds. The lowest BCUT2D eigenvalue weighted by molar-refractivity contribution is -0.117. The number of aromatic nitrogens is 8. The van der Waals surface area contributed by atoms with Crippen LogP contribution in [0.4, 0.5) is 5.69 Å². The zero-order chi connectivity index (χ0) is 26.9. The van der Waals surface area contributed by atoms with E-state index in [-0.39, 0.29) is 5.91 Å². The number of carbonyl (C=O) groups excluding carboxylic acids is 1. The molecule has 40 heavy (non-hydrogen) atoms. The highest BCUT2D eigenvalue weighted by molar-refractivity contribution is 5.96. The van der Waals surface area contributed by atoms with Crippen LogP contribution in [0, 0.1) is 5.92 Å². The van der Waals surface area contributed by atoms with Crippen LogP contribution in [-0.4, -0.2) is 46.0 Å². The highest BCUT2D eigenvalue weighted by Crippen LogP contribution is 2.32. The molecular formula is C30H27N9O. The second kappa shape index (κ2) is 10.3. The number of fused-ring (bicyclic) bond motifs is 2. The number of anilines is 1.